The molecule has 2 aromatic heterocycles. The van der Waals surface area contributed by atoms with E-state index < -0.39 is 6.10 Å². The highest BCUT2D eigenvalue weighted by molar-refractivity contribution is 5.82. The van der Waals surface area contributed by atoms with E-state index in [4.69, 9.17) is 9.52 Å². The molecule has 0 bridgehead atoms. The number of benzene rings is 2. The second kappa shape index (κ2) is 7.15. The second-order valence-electron chi connectivity index (χ2n) is 6.41. The first-order valence-electron chi connectivity index (χ1n) is 8.72. The first-order valence-corrected chi connectivity index (χ1v) is 8.72. The van der Waals surface area contributed by atoms with Crippen molar-refractivity contribution in [2.24, 2.45) is 0 Å². The third kappa shape index (κ3) is 3.40. The zero-order valence-electron chi connectivity index (χ0n) is 14.6. The molecule has 0 aliphatic rings. The molecule has 0 spiro atoms. The highest BCUT2D eigenvalue weighted by Crippen LogP contribution is 2.29. The lowest BCUT2D eigenvalue weighted by molar-refractivity contribution is 0.191. The molecule has 5 heteroatoms. The quantitative estimate of drug-likeness (QED) is 0.557. The minimum absolute atomic E-state index is 0.395. The van der Waals surface area contributed by atoms with Crippen LogP contribution in [0.15, 0.2) is 71.3 Å². The summed E-state index contributed by atoms with van der Waals surface area (Å²) in [5.41, 5.74) is 3.67. The van der Waals surface area contributed by atoms with E-state index in [1.807, 2.05) is 71.5 Å². The van der Waals surface area contributed by atoms with Gasteiger partial charge in [0.15, 0.2) is 5.76 Å². The molecular formula is C21H21N3O2. The van der Waals surface area contributed by atoms with E-state index in [1.54, 1.807) is 6.92 Å². The van der Waals surface area contributed by atoms with Crippen LogP contribution < -0.4 is 5.32 Å². The van der Waals surface area contributed by atoms with Crippen molar-refractivity contribution in [3.05, 3.63) is 72.4 Å². The summed E-state index contributed by atoms with van der Waals surface area (Å²) in [6.07, 6.45) is 1.61. The molecule has 4 aromatic rings. The molecule has 132 valence electrons. The molecule has 0 unspecified atom stereocenters. The van der Waals surface area contributed by atoms with Gasteiger partial charge in [0.25, 0.3) is 0 Å². The molecule has 0 fully saturated rings. The summed E-state index contributed by atoms with van der Waals surface area (Å²) in [5, 5.41) is 18.6. The fraction of sp³-hybridized carbons (Fsp3) is 0.190. The van der Waals surface area contributed by atoms with Crippen LogP contribution >= 0.6 is 0 Å². The number of aliphatic hydroxyl groups is 1. The molecule has 2 aromatic carbocycles. The van der Waals surface area contributed by atoms with Gasteiger partial charge in [-0.15, -0.1) is 0 Å². The number of rotatable bonds is 6. The lowest BCUT2D eigenvalue weighted by Gasteiger charge is -2.06. The van der Waals surface area contributed by atoms with Gasteiger partial charge >= 0.3 is 0 Å². The van der Waals surface area contributed by atoms with Crippen molar-refractivity contribution < 1.29 is 9.52 Å². The molecule has 2 heterocycles. The molecule has 0 aliphatic heterocycles. The van der Waals surface area contributed by atoms with Crippen LogP contribution in [0.2, 0.25) is 0 Å². The van der Waals surface area contributed by atoms with Crippen LogP contribution in [0.25, 0.3) is 28.1 Å². The Hall–Kier alpha value is -2.89. The summed E-state index contributed by atoms with van der Waals surface area (Å²) in [6.45, 7) is 2.89. The summed E-state index contributed by atoms with van der Waals surface area (Å²) >= 11 is 0. The van der Waals surface area contributed by atoms with Crippen molar-refractivity contribution in [1.29, 1.82) is 0 Å². The molecule has 0 radical (unpaired) electrons. The lowest BCUT2D eigenvalue weighted by atomic mass is 10.2. The monoisotopic (exact) mass is 347 g/mol. The molecule has 0 saturated carbocycles. The Morgan fingerprint density at radius 2 is 1.88 bits per heavy atom. The number of nitrogens with one attached hydrogen (secondary N) is 1. The van der Waals surface area contributed by atoms with Gasteiger partial charge in [0, 0.05) is 30.2 Å². The Kier molecular flexibility index (Phi) is 4.56. The maximum atomic E-state index is 9.49. The number of hydrogen-bond donors (Lipinski definition) is 2. The van der Waals surface area contributed by atoms with Crippen LogP contribution in [-0.2, 0) is 6.54 Å². The predicted octanol–water partition coefficient (Wildman–Crippen LogP) is 3.76. The van der Waals surface area contributed by atoms with Gasteiger partial charge in [-0.05, 0) is 31.2 Å². The van der Waals surface area contributed by atoms with Gasteiger partial charge in [0.05, 0.1) is 11.8 Å². The smallest absolute Gasteiger partial charge is 0.156 e. The van der Waals surface area contributed by atoms with Gasteiger partial charge in [0.2, 0.25) is 0 Å². The largest absolute Gasteiger partial charge is 0.454 e. The fourth-order valence-electron chi connectivity index (χ4n) is 2.97. The molecule has 2 N–H and O–H groups in total. The molecule has 5 nitrogen and oxygen atoms in total. The van der Waals surface area contributed by atoms with Crippen LogP contribution in [0, 0.1) is 0 Å². The van der Waals surface area contributed by atoms with E-state index >= 15 is 0 Å². The number of aliphatic hydroxyl groups excluding tert-OH is 1. The van der Waals surface area contributed by atoms with Crippen molar-refractivity contribution >= 4 is 11.0 Å². The van der Waals surface area contributed by atoms with E-state index in [2.05, 4.69) is 5.32 Å². The van der Waals surface area contributed by atoms with Crippen LogP contribution in [0.3, 0.4) is 0 Å². The number of para-hydroxylation sites is 2. The van der Waals surface area contributed by atoms with Crippen molar-refractivity contribution in [3.63, 3.8) is 0 Å². The lowest BCUT2D eigenvalue weighted by Crippen LogP contribution is -2.23. The third-order valence-electron chi connectivity index (χ3n) is 4.22. The van der Waals surface area contributed by atoms with Crippen molar-refractivity contribution in [2.75, 3.05) is 6.54 Å². The van der Waals surface area contributed by atoms with Gasteiger partial charge in [-0.1, -0.05) is 36.4 Å². The van der Waals surface area contributed by atoms with E-state index in [0.717, 1.165) is 33.7 Å². The Bertz CT molecular complexity index is 969. The van der Waals surface area contributed by atoms with Crippen molar-refractivity contribution in [3.8, 4) is 17.1 Å². The Morgan fingerprint density at radius 1 is 1.12 bits per heavy atom. The fourth-order valence-corrected chi connectivity index (χ4v) is 2.97. The average Bonchev–Trinajstić information content (AvgIpc) is 3.26. The first kappa shape index (κ1) is 16.6. The zero-order chi connectivity index (χ0) is 17.9. The summed E-state index contributed by atoms with van der Waals surface area (Å²) < 4.78 is 7.88. The molecule has 0 aliphatic carbocycles. The van der Waals surface area contributed by atoms with Crippen molar-refractivity contribution in [2.45, 2.75) is 19.6 Å². The number of hydrogen-bond acceptors (Lipinski definition) is 4. The van der Waals surface area contributed by atoms with Gasteiger partial charge < -0.3 is 14.8 Å². The van der Waals surface area contributed by atoms with Crippen molar-refractivity contribution in [1.82, 2.24) is 15.1 Å². The normalized spacial score (nSPS) is 12.5. The third-order valence-corrected chi connectivity index (χ3v) is 4.22. The summed E-state index contributed by atoms with van der Waals surface area (Å²) in [5.74, 6) is 0.745. The molecule has 0 saturated heterocycles. The Morgan fingerprint density at radius 3 is 2.65 bits per heavy atom. The first-order chi connectivity index (χ1) is 12.7. The summed E-state index contributed by atoms with van der Waals surface area (Å²) in [7, 11) is 0. The molecule has 4 rings (SSSR count). The average molecular weight is 347 g/mol. The van der Waals surface area contributed by atoms with E-state index in [9.17, 15) is 5.11 Å². The summed E-state index contributed by atoms with van der Waals surface area (Å²) in [6, 6.07) is 20.0. The van der Waals surface area contributed by atoms with Gasteiger partial charge in [-0.25, -0.2) is 4.68 Å². The topological polar surface area (TPSA) is 63.2 Å². The summed E-state index contributed by atoms with van der Waals surface area (Å²) in [4.78, 5) is 0. The molecule has 26 heavy (non-hydrogen) atoms. The van der Waals surface area contributed by atoms with E-state index in [-0.39, 0.29) is 0 Å². The van der Waals surface area contributed by atoms with Gasteiger partial charge in [-0.3, -0.25) is 0 Å². The van der Waals surface area contributed by atoms with Crippen LogP contribution in [-0.4, -0.2) is 27.5 Å². The second-order valence-corrected chi connectivity index (χ2v) is 6.41. The number of furan rings is 1. The highest BCUT2D eigenvalue weighted by atomic mass is 16.3. The predicted molar refractivity (Wildman–Crippen MR) is 102 cm³/mol. The highest BCUT2D eigenvalue weighted by Gasteiger charge is 2.16. The van der Waals surface area contributed by atoms with Gasteiger partial charge in [0.1, 0.15) is 11.3 Å². The molecular weight excluding hydrogens is 326 g/mol. The Labute approximate surface area is 151 Å². The maximum Gasteiger partial charge on any atom is 0.156 e. The zero-order valence-corrected chi connectivity index (χ0v) is 14.6. The molecule has 0 amide bonds. The van der Waals surface area contributed by atoms with Gasteiger partial charge in [-0.2, -0.15) is 5.10 Å². The SMILES string of the molecule is C[C@@H](O)CNCc1cn(-c2ccccc2)nc1-c1cc2ccccc2o1. The standard InChI is InChI=1S/C21H21N3O2/c1-15(25)12-22-13-17-14-24(18-8-3-2-4-9-18)23-21(17)20-11-16-7-5-6-10-19(16)26-20/h2-11,14-15,22,25H,12-13H2,1H3/t15-/m1/s1. The minimum atomic E-state index is -0.395. The number of nitrogens with zero attached hydrogens (tertiary/aromatic N) is 2. The van der Waals surface area contributed by atoms with E-state index in [1.165, 1.54) is 0 Å². The minimum Gasteiger partial charge on any atom is -0.454 e. The Balaban J connectivity index is 1.74. The maximum absolute atomic E-state index is 9.49. The molecule has 1 atom stereocenters. The van der Waals surface area contributed by atoms with Crippen LogP contribution in [0.4, 0.5) is 0 Å². The van der Waals surface area contributed by atoms with Crippen LogP contribution in [0.1, 0.15) is 12.5 Å². The van der Waals surface area contributed by atoms with Crippen LogP contribution in [0.5, 0.6) is 0 Å². The van der Waals surface area contributed by atoms with E-state index in [0.29, 0.717) is 13.1 Å². The number of aromatic nitrogens is 2. The number of fused-ring (bicyclic) bond motifs is 1.